The Kier molecular flexibility index (Phi) is 4.64. The predicted molar refractivity (Wildman–Crippen MR) is 72.8 cm³/mol. The summed E-state index contributed by atoms with van der Waals surface area (Å²) in [7, 11) is 4.35. The minimum absolute atomic E-state index is 0.294. The second kappa shape index (κ2) is 5.87. The topological polar surface area (TPSA) is 24.9 Å². The van der Waals surface area contributed by atoms with E-state index in [0.717, 1.165) is 26.2 Å². The van der Waals surface area contributed by atoms with E-state index in [2.05, 4.69) is 44.7 Å². The number of rotatable bonds is 2. The summed E-state index contributed by atoms with van der Waals surface area (Å²) in [6.45, 7) is 10.7. The standard InChI is InChI=1S/C14H28N2O2/c1-10-6-15(4)8-13(17-10)12(3)14-9-16(5)7-11(2)18-14/h10-14H,6-9H2,1-5H3. The van der Waals surface area contributed by atoms with E-state index in [1.165, 1.54) is 0 Å². The minimum Gasteiger partial charge on any atom is -0.372 e. The van der Waals surface area contributed by atoms with Gasteiger partial charge >= 0.3 is 0 Å². The van der Waals surface area contributed by atoms with E-state index >= 15 is 0 Å². The van der Waals surface area contributed by atoms with Crippen LogP contribution in [0.25, 0.3) is 0 Å². The molecule has 2 aliphatic rings. The molecule has 0 spiro atoms. The lowest BCUT2D eigenvalue weighted by molar-refractivity contribution is -0.152. The monoisotopic (exact) mass is 256 g/mol. The Hall–Kier alpha value is -0.160. The molecule has 4 nitrogen and oxygen atoms in total. The summed E-state index contributed by atoms with van der Waals surface area (Å²) < 4.78 is 12.2. The first-order valence-corrected chi connectivity index (χ1v) is 7.13. The second-order valence-corrected chi connectivity index (χ2v) is 6.27. The molecule has 2 heterocycles. The van der Waals surface area contributed by atoms with Crippen LogP contribution in [0.3, 0.4) is 0 Å². The summed E-state index contributed by atoms with van der Waals surface area (Å²) in [5.41, 5.74) is 0. The molecule has 0 amide bonds. The predicted octanol–water partition coefficient (Wildman–Crippen LogP) is 1.06. The lowest BCUT2D eigenvalue weighted by Crippen LogP contribution is -2.54. The van der Waals surface area contributed by atoms with Gasteiger partial charge in [-0.2, -0.15) is 0 Å². The van der Waals surface area contributed by atoms with Crippen LogP contribution in [0.1, 0.15) is 20.8 Å². The van der Waals surface area contributed by atoms with Gasteiger partial charge in [0, 0.05) is 32.1 Å². The lowest BCUT2D eigenvalue weighted by Gasteiger charge is -2.43. The quantitative estimate of drug-likeness (QED) is 0.737. The summed E-state index contributed by atoms with van der Waals surface area (Å²) >= 11 is 0. The van der Waals surface area contributed by atoms with Gasteiger partial charge in [-0.1, -0.05) is 6.92 Å². The minimum atomic E-state index is 0.294. The number of hydrogen-bond donors (Lipinski definition) is 0. The van der Waals surface area contributed by atoms with E-state index < -0.39 is 0 Å². The third-order valence-electron chi connectivity index (χ3n) is 4.11. The first-order valence-electron chi connectivity index (χ1n) is 7.13. The molecule has 18 heavy (non-hydrogen) atoms. The van der Waals surface area contributed by atoms with Gasteiger partial charge in [-0.3, -0.25) is 0 Å². The van der Waals surface area contributed by atoms with Crippen molar-refractivity contribution in [3.63, 3.8) is 0 Å². The first-order chi connectivity index (χ1) is 8.45. The molecule has 0 aromatic rings. The fraction of sp³-hybridized carbons (Fsp3) is 1.00. The van der Waals surface area contributed by atoms with E-state index in [1.807, 2.05) is 0 Å². The van der Waals surface area contributed by atoms with Crippen molar-refractivity contribution in [3.8, 4) is 0 Å². The summed E-state index contributed by atoms with van der Waals surface area (Å²) in [6, 6.07) is 0. The molecular weight excluding hydrogens is 228 g/mol. The van der Waals surface area contributed by atoms with Crippen LogP contribution >= 0.6 is 0 Å². The molecule has 4 atom stereocenters. The molecule has 0 N–H and O–H groups in total. The Morgan fingerprint density at radius 1 is 0.833 bits per heavy atom. The maximum atomic E-state index is 6.10. The van der Waals surface area contributed by atoms with Gasteiger partial charge in [-0.05, 0) is 27.9 Å². The van der Waals surface area contributed by atoms with Crippen molar-refractivity contribution in [2.45, 2.75) is 45.2 Å². The van der Waals surface area contributed by atoms with E-state index in [-0.39, 0.29) is 0 Å². The molecule has 0 saturated carbocycles. The van der Waals surface area contributed by atoms with E-state index in [9.17, 15) is 0 Å². The van der Waals surface area contributed by atoms with Crippen molar-refractivity contribution >= 4 is 0 Å². The number of likely N-dealkylation sites (N-methyl/N-ethyl adjacent to an activating group) is 2. The van der Waals surface area contributed by atoms with Crippen molar-refractivity contribution in [1.29, 1.82) is 0 Å². The normalized spacial score (nSPS) is 41.8. The van der Waals surface area contributed by atoms with Gasteiger partial charge in [0.1, 0.15) is 0 Å². The van der Waals surface area contributed by atoms with Crippen LogP contribution in [0, 0.1) is 5.92 Å². The number of nitrogens with zero attached hydrogens (tertiary/aromatic N) is 2. The molecular formula is C14H28N2O2. The fourth-order valence-electron chi connectivity index (χ4n) is 3.23. The van der Waals surface area contributed by atoms with E-state index in [1.54, 1.807) is 0 Å². The van der Waals surface area contributed by atoms with Crippen molar-refractivity contribution in [3.05, 3.63) is 0 Å². The molecule has 2 fully saturated rings. The summed E-state index contributed by atoms with van der Waals surface area (Å²) in [6.07, 6.45) is 1.25. The Labute approximate surface area is 111 Å². The molecule has 0 bridgehead atoms. The van der Waals surface area contributed by atoms with Gasteiger partial charge in [-0.25, -0.2) is 0 Å². The Morgan fingerprint density at radius 3 is 1.56 bits per heavy atom. The number of morpholine rings is 2. The van der Waals surface area contributed by atoms with Gasteiger partial charge in [-0.15, -0.1) is 0 Å². The molecule has 0 aromatic carbocycles. The average Bonchev–Trinajstić information content (AvgIpc) is 2.25. The SMILES string of the molecule is CC1CN(C)CC(C(C)C2CN(C)CC(C)O2)O1. The summed E-state index contributed by atoms with van der Waals surface area (Å²) in [5.74, 6) is 0.445. The number of hydrogen-bond acceptors (Lipinski definition) is 4. The molecule has 4 unspecified atom stereocenters. The summed E-state index contributed by atoms with van der Waals surface area (Å²) in [4.78, 5) is 4.73. The van der Waals surface area contributed by atoms with Crippen molar-refractivity contribution < 1.29 is 9.47 Å². The van der Waals surface area contributed by atoms with Crippen molar-refractivity contribution in [2.75, 3.05) is 40.3 Å². The Balaban J connectivity index is 1.95. The van der Waals surface area contributed by atoms with Crippen LogP contribution in [-0.2, 0) is 9.47 Å². The average molecular weight is 256 g/mol. The maximum Gasteiger partial charge on any atom is 0.0756 e. The molecule has 0 aliphatic carbocycles. The fourth-order valence-corrected chi connectivity index (χ4v) is 3.23. The molecule has 4 heteroatoms. The van der Waals surface area contributed by atoms with Gasteiger partial charge in [0.25, 0.3) is 0 Å². The van der Waals surface area contributed by atoms with Gasteiger partial charge in [0.05, 0.1) is 24.4 Å². The molecule has 106 valence electrons. The summed E-state index contributed by atoms with van der Waals surface area (Å²) in [5, 5.41) is 0. The highest BCUT2D eigenvalue weighted by molar-refractivity contribution is 4.85. The molecule has 2 saturated heterocycles. The Bertz CT molecular complexity index is 229. The van der Waals surface area contributed by atoms with Gasteiger partial charge in [0.15, 0.2) is 0 Å². The largest absolute Gasteiger partial charge is 0.372 e. The van der Waals surface area contributed by atoms with E-state index in [0.29, 0.717) is 30.3 Å². The molecule has 2 rings (SSSR count). The van der Waals surface area contributed by atoms with Crippen LogP contribution in [0.5, 0.6) is 0 Å². The third-order valence-corrected chi connectivity index (χ3v) is 4.11. The van der Waals surface area contributed by atoms with Crippen LogP contribution in [0.15, 0.2) is 0 Å². The van der Waals surface area contributed by atoms with E-state index in [4.69, 9.17) is 9.47 Å². The smallest absolute Gasteiger partial charge is 0.0756 e. The van der Waals surface area contributed by atoms with Crippen molar-refractivity contribution in [1.82, 2.24) is 9.80 Å². The van der Waals surface area contributed by atoms with Crippen molar-refractivity contribution in [2.24, 2.45) is 5.92 Å². The Morgan fingerprint density at radius 2 is 1.22 bits per heavy atom. The molecule has 2 aliphatic heterocycles. The van der Waals surface area contributed by atoms with Crippen LogP contribution in [-0.4, -0.2) is 74.5 Å². The zero-order valence-corrected chi connectivity index (χ0v) is 12.4. The zero-order valence-electron chi connectivity index (χ0n) is 12.4. The first kappa shape index (κ1) is 14.3. The van der Waals surface area contributed by atoms with Crippen LogP contribution in [0.4, 0.5) is 0 Å². The highest BCUT2D eigenvalue weighted by atomic mass is 16.5. The maximum absolute atomic E-state index is 6.10. The second-order valence-electron chi connectivity index (χ2n) is 6.27. The van der Waals surface area contributed by atoms with Gasteiger partial charge in [0.2, 0.25) is 0 Å². The van der Waals surface area contributed by atoms with Gasteiger partial charge < -0.3 is 19.3 Å². The highest BCUT2D eigenvalue weighted by Gasteiger charge is 2.35. The number of ether oxygens (including phenoxy) is 2. The van der Waals surface area contributed by atoms with Crippen LogP contribution < -0.4 is 0 Å². The molecule has 0 radical (unpaired) electrons. The third kappa shape index (κ3) is 3.44. The lowest BCUT2D eigenvalue weighted by atomic mass is 9.94. The molecule has 0 aromatic heterocycles. The highest BCUT2D eigenvalue weighted by Crippen LogP contribution is 2.24. The van der Waals surface area contributed by atoms with Crippen LogP contribution in [0.2, 0.25) is 0 Å². The zero-order chi connectivity index (χ0) is 13.3.